The van der Waals surface area contributed by atoms with E-state index in [1.54, 1.807) is 0 Å². The van der Waals surface area contributed by atoms with Crippen molar-refractivity contribution in [2.45, 2.75) is 0 Å². The number of hydrogen-bond donors (Lipinski definition) is 1. The van der Waals surface area contributed by atoms with Crippen LogP contribution in [0.25, 0.3) is 0 Å². The second-order valence-corrected chi connectivity index (χ2v) is 3.32. The molecule has 1 saturated heterocycles. The molecule has 0 aromatic rings. The molecule has 78 valence electrons. The second-order valence-electron chi connectivity index (χ2n) is 3.32. The summed E-state index contributed by atoms with van der Waals surface area (Å²) in [6.07, 6.45) is 1.82. The molecule has 1 aliphatic heterocycles. The number of carbonyl (C=O) groups excluding carboxylic acids is 2. The van der Waals surface area contributed by atoms with E-state index in [-0.39, 0.29) is 0 Å². The molecule has 14 heavy (non-hydrogen) atoms. The molecule has 0 saturated carbocycles. The number of nitrogens with one attached hydrogen (secondary N) is 1. The molecular weight excluding hydrogens is 184 g/mol. The minimum absolute atomic E-state index is 0.482. The topological polar surface area (TPSA) is 64.9 Å². The van der Waals surface area contributed by atoms with Crippen molar-refractivity contribution in [1.29, 1.82) is 0 Å². The molecule has 1 heterocycles. The van der Waals surface area contributed by atoms with Crippen LogP contribution in [0.1, 0.15) is 0 Å². The molecule has 0 aliphatic carbocycles. The van der Waals surface area contributed by atoms with E-state index in [9.17, 15) is 14.7 Å². The molecule has 1 rings (SSSR count). The van der Waals surface area contributed by atoms with E-state index in [4.69, 9.17) is 0 Å². The first-order valence-corrected chi connectivity index (χ1v) is 4.60. The van der Waals surface area contributed by atoms with E-state index in [0.717, 1.165) is 19.6 Å². The van der Waals surface area contributed by atoms with Crippen LogP contribution in [0.5, 0.6) is 0 Å². The summed E-state index contributed by atoms with van der Waals surface area (Å²) in [7, 11) is 0. The number of carboxylic acids is 1. The summed E-state index contributed by atoms with van der Waals surface area (Å²) < 4.78 is 0. The molecule has 1 N–H and O–H groups in total. The number of rotatable bonds is 2. The van der Waals surface area contributed by atoms with Gasteiger partial charge in [0.15, 0.2) is 0 Å². The van der Waals surface area contributed by atoms with Crippen molar-refractivity contribution in [2.75, 3.05) is 32.7 Å². The van der Waals surface area contributed by atoms with Crippen LogP contribution in [0.15, 0.2) is 12.7 Å². The van der Waals surface area contributed by atoms with Crippen LogP contribution in [0.2, 0.25) is 0 Å². The van der Waals surface area contributed by atoms with Crippen molar-refractivity contribution < 1.29 is 19.6 Å². The first kappa shape index (κ1) is 10.7. The standard InChI is InChI=1S/C9H14N2O3/c1-2-3-10-4-6-11(7-5-10)8(12)9(13)14/h2H,1,3-7H2,(H,13,14). The fourth-order valence-corrected chi connectivity index (χ4v) is 1.56. The maximum Gasteiger partial charge on any atom is 0.269 e. The van der Waals surface area contributed by atoms with Crippen LogP contribution < -0.4 is 10.0 Å². The summed E-state index contributed by atoms with van der Waals surface area (Å²) in [6.45, 7) is 6.99. The summed E-state index contributed by atoms with van der Waals surface area (Å²) in [6, 6.07) is 0. The highest BCUT2D eigenvalue weighted by Gasteiger charge is 2.22. The van der Waals surface area contributed by atoms with Gasteiger partial charge in [0, 0.05) is 0 Å². The molecule has 0 bridgehead atoms. The number of amides is 1. The van der Waals surface area contributed by atoms with Crippen LogP contribution in [0, 0.1) is 0 Å². The molecule has 0 unspecified atom stereocenters. The van der Waals surface area contributed by atoms with Gasteiger partial charge in [-0.05, 0) is 6.08 Å². The molecule has 0 spiro atoms. The number of quaternary nitrogens is 1. The Balaban J connectivity index is 2.39. The average Bonchev–Trinajstić information content (AvgIpc) is 2.18. The molecule has 1 amide bonds. The van der Waals surface area contributed by atoms with E-state index in [2.05, 4.69) is 6.58 Å². The lowest BCUT2D eigenvalue weighted by Gasteiger charge is -2.31. The Kier molecular flexibility index (Phi) is 3.64. The molecular formula is C9H14N2O3. The SMILES string of the molecule is C=CC[NH+]1CCN(C(=O)C(=O)[O-])CC1. The number of carboxylic acid groups (broad SMARTS) is 1. The third-order valence-electron chi connectivity index (χ3n) is 2.37. The zero-order valence-corrected chi connectivity index (χ0v) is 7.99. The van der Waals surface area contributed by atoms with E-state index < -0.39 is 11.9 Å². The number of carbonyl (C=O) groups is 2. The normalized spacial score (nSPS) is 17.9. The van der Waals surface area contributed by atoms with E-state index in [1.807, 2.05) is 6.08 Å². The fourth-order valence-electron chi connectivity index (χ4n) is 1.56. The van der Waals surface area contributed by atoms with Crippen molar-refractivity contribution in [3.05, 3.63) is 12.7 Å². The van der Waals surface area contributed by atoms with Gasteiger partial charge in [-0.1, -0.05) is 6.58 Å². The first-order valence-electron chi connectivity index (χ1n) is 4.60. The lowest BCUT2D eigenvalue weighted by atomic mass is 10.3. The van der Waals surface area contributed by atoms with Crippen molar-refractivity contribution in [2.24, 2.45) is 0 Å². The van der Waals surface area contributed by atoms with Gasteiger partial charge in [-0.15, -0.1) is 0 Å². The monoisotopic (exact) mass is 198 g/mol. The molecule has 0 atom stereocenters. The summed E-state index contributed by atoms with van der Waals surface area (Å²) in [5.74, 6) is -2.51. The van der Waals surface area contributed by atoms with Gasteiger partial charge in [0.1, 0.15) is 5.97 Å². The van der Waals surface area contributed by atoms with Crippen LogP contribution >= 0.6 is 0 Å². The Morgan fingerprint density at radius 1 is 1.43 bits per heavy atom. The average molecular weight is 198 g/mol. The molecule has 0 aromatic heterocycles. The van der Waals surface area contributed by atoms with Crippen molar-refractivity contribution >= 4 is 11.9 Å². The Labute approximate surface area is 82.6 Å². The molecule has 1 fully saturated rings. The summed E-state index contributed by atoms with van der Waals surface area (Å²) in [4.78, 5) is 23.9. The van der Waals surface area contributed by atoms with Crippen LogP contribution in [0.3, 0.4) is 0 Å². The van der Waals surface area contributed by atoms with Gasteiger partial charge in [-0.2, -0.15) is 0 Å². The number of hydrogen-bond acceptors (Lipinski definition) is 3. The van der Waals surface area contributed by atoms with Crippen LogP contribution in [-0.4, -0.2) is 49.5 Å². The van der Waals surface area contributed by atoms with Gasteiger partial charge in [-0.3, -0.25) is 4.79 Å². The zero-order chi connectivity index (χ0) is 10.6. The van der Waals surface area contributed by atoms with Gasteiger partial charge >= 0.3 is 0 Å². The predicted molar refractivity (Wildman–Crippen MR) is 47.3 cm³/mol. The molecule has 0 aromatic carbocycles. The minimum Gasteiger partial charge on any atom is -0.540 e. The number of aliphatic carboxylic acids is 1. The smallest absolute Gasteiger partial charge is 0.269 e. The van der Waals surface area contributed by atoms with Gasteiger partial charge < -0.3 is 19.7 Å². The summed E-state index contributed by atoms with van der Waals surface area (Å²) in [5.41, 5.74) is 0. The van der Waals surface area contributed by atoms with E-state index >= 15 is 0 Å². The van der Waals surface area contributed by atoms with E-state index in [1.165, 1.54) is 9.80 Å². The second kappa shape index (κ2) is 4.76. The lowest BCUT2D eigenvalue weighted by molar-refractivity contribution is -0.898. The predicted octanol–water partition coefficient (Wildman–Crippen LogP) is -3.35. The highest BCUT2D eigenvalue weighted by Crippen LogP contribution is 1.89. The maximum absolute atomic E-state index is 11.0. The van der Waals surface area contributed by atoms with Gasteiger partial charge in [-0.25, -0.2) is 0 Å². The Morgan fingerprint density at radius 2 is 2.00 bits per heavy atom. The third kappa shape index (κ3) is 2.56. The van der Waals surface area contributed by atoms with Gasteiger partial charge in [0.05, 0.1) is 32.7 Å². The van der Waals surface area contributed by atoms with Crippen molar-refractivity contribution in [1.82, 2.24) is 4.90 Å². The number of nitrogens with zero attached hydrogens (tertiary/aromatic N) is 1. The Bertz CT molecular complexity index is 244. The van der Waals surface area contributed by atoms with Gasteiger partial charge in [0.2, 0.25) is 0 Å². The molecule has 5 nitrogen and oxygen atoms in total. The third-order valence-corrected chi connectivity index (χ3v) is 2.37. The molecule has 5 heteroatoms. The Morgan fingerprint density at radius 3 is 2.43 bits per heavy atom. The largest absolute Gasteiger partial charge is 0.540 e. The summed E-state index contributed by atoms with van der Waals surface area (Å²) >= 11 is 0. The fraction of sp³-hybridized carbons (Fsp3) is 0.556. The number of piperazine rings is 1. The first-order chi connectivity index (χ1) is 6.65. The Hall–Kier alpha value is -1.36. The van der Waals surface area contributed by atoms with Crippen molar-refractivity contribution in [3.63, 3.8) is 0 Å². The highest BCUT2D eigenvalue weighted by atomic mass is 16.4. The van der Waals surface area contributed by atoms with Gasteiger partial charge in [0.25, 0.3) is 5.91 Å². The maximum atomic E-state index is 11.0. The molecule has 1 aliphatic rings. The molecule has 0 radical (unpaired) electrons. The van der Waals surface area contributed by atoms with Crippen molar-refractivity contribution in [3.8, 4) is 0 Å². The highest BCUT2D eigenvalue weighted by molar-refractivity contribution is 6.30. The van der Waals surface area contributed by atoms with Crippen LogP contribution in [0.4, 0.5) is 0 Å². The summed E-state index contributed by atoms with van der Waals surface area (Å²) in [5, 5.41) is 10.3. The quantitative estimate of drug-likeness (QED) is 0.372. The zero-order valence-electron chi connectivity index (χ0n) is 7.99. The van der Waals surface area contributed by atoms with E-state index in [0.29, 0.717) is 13.1 Å². The van der Waals surface area contributed by atoms with Crippen LogP contribution in [-0.2, 0) is 9.59 Å². The lowest BCUT2D eigenvalue weighted by Crippen LogP contribution is -3.14. The minimum atomic E-state index is -1.61.